The van der Waals surface area contributed by atoms with Crippen molar-refractivity contribution < 1.29 is 40.8 Å². The number of halogens is 2. The lowest BCUT2D eigenvalue weighted by molar-refractivity contribution is -0.697. The smallest absolute Gasteiger partial charge is 0.407 e. The summed E-state index contributed by atoms with van der Waals surface area (Å²) in [5, 5.41) is 5.52. The van der Waals surface area contributed by atoms with Crippen molar-refractivity contribution in [3.05, 3.63) is 118 Å². The molecule has 45 heavy (non-hydrogen) atoms. The van der Waals surface area contributed by atoms with Gasteiger partial charge in [-0.25, -0.2) is 14.2 Å². The number of benzene rings is 3. The molecule has 1 aliphatic carbocycles. The molecule has 5 rings (SSSR count). The first-order chi connectivity index (χ1) is 21.4. The third-order valence-corrected chi connectivity index (χ3v) is 7.61. The molecule has 0 fully saturated rings. The minimum Gasteiger partial charge on any atom is -1.00 e. The van der Waals surface area contributed by atoms with E-state index in [1.165, 1.54) is 0 Å². The molecule has 0 radical (unpaired) electrons. The van der Waals surface area contributed by atoms with E-state index in [4.69, 9.17) is 9.47 Å². The molecule has 0 unspecified atom stereocenters. The van der Waals surface area contributed by atoms with E-state index in [2.05, 4.69) is 33.5 Å². The number of alkyl carbamates (subject to hydrolysis) is 2. The van der Waals surface area contributed by atoms with Crippen LogP contribution in [0.2, 0.25) is 0 Å². The Morgan fingerprint density at radius 3 is 2.13 bits per heavy atom. The Labute approximate surface area is 277 Å². The minimum atomic E-state index is -0.670. The van der Waals surface area contributed by atoms with E-state index in [-0.39, 0.29) is 50.7 Å². The highest BCUT2D eigenvalue weighted by Gasteiger charge is 2.29. The fourth-order valence-corrected chi connectivity index (χ4v) is 5.77. The Kier molecular flexibility index (Phi) is 11.9. The van der Waals surface area contributed by atoms with Gasteiger partial charge in [0.05, 0.1) is 23.6 Å². The van der Waals surface area contributed by atoms with E-state index < -0.39 is 12.2 Å². The number of rotatable bonds is 11. The molecule has 0 aliphatic heterocycles. The second kappa shape index (κ2) is 16.1. The Balaban J connectivity index is 0.00000461. The van der Waals surface area contributed by atoms with Gasteiger partial charge in [0.1, 0.15) is 25.3 Å². The lowest BCUT2D eigenvalue weighted by Crippen LogP contribution is -3.00. The summed E-state index contributed by atoms with van der Waals surface area (Å²) in [6.45, 7) is 3.01. The van der Waals surface area contributed by atoms with E-state index in [1.807, 2.05) is 95.8 Å². The Morgan fingerprint density at radius 2 is 1.47 bits per heavy atom. The first kappa shape index (κ1) is 33.5. The van der Waals surface area contributed by atoms with Gasteiger partial charge in [-0.2, -0.15) is 0 Å². The number of carbonyl (C=O) groups excluding carboxylic acids is 3. The van der Waals surface area contributed by atoms with Crippen LogP contribution >= 0.6 is 15.9 Å². The van der Waals surface area contributed by atoms with Gasteiger partial charge in [0, 0.05) is 12.1 Å². The zero-order valence-corrected chi connectivity index (χ0v) is 27.1. The molecule has 9 nitrogen and oxygen atoms in total. The third kappa shape index (κ3) is 8.40. The molecule has 0 bridgehead atoms. The number of fused-ring (bicyclic) bond motifs is 3. The van der Waals surface area contributed by atoms with E-state index >= 15 is 0 Å². The van der Waals surface area contributed by atoms with Gasteiger partial charge in [0.15, 0.2) is 12.4 Å². The van der Waals surface area contributed by atoms with Crippen molar-refractivity contribution in [2.45, 2.75) is 25.9 Å². The SMILES string of the molecule is CCC[n+]1cc(Br)cc(C(=O)N(CCOC(=O)NCCOC(=O)NC2c3ccccc3-c3ccccc32)c2ccccc2)c1.[Cl-]. The zero-order valence-electron chi connectivity index (χ0n) is 24.7. The fourth-order valence-electron chi connectivity index (χ4n) is 5.26. The summed E-state index contributed by atoms with van der Waals surface area (Å²) < 4.78 is 13.4. The molecule has 0 atom stereocenters. The van der Waals surface area contributed by atoms with Gasteiger partial charge in [-0.3, -0.25) is 4.79 Å². The fraction of sp³-hybridized carbons (Fsp3) is 0.235. The average molecular weight is 694 g/mol. The second-order valence-electron chi connectivity index (χ2n) is 10.2. The number of aryl methyl sites for hydroxylation is 1. The number of pyridine rings is 1. The van der Waals surface area contributed by atoms with Gasteiger partial charge in [0.25, 0.3) is 5.91 Å². The number of aromatic nitrogens is 1. The van der Waals surface area contributed by atoms with Crippen molar-refractivity contribution in [2.24, 2.45) is 0 Å². The summed E-state index contributed by atoms with van der Waals surface area (Å²) in [5.41, 5.74) is 5.40. The van der Waals surface area contributed by atoms with Gasteiger partial charge in [-0.15, -0.1) is 0 Å². The number of hydrogen-bond donors (Lipinski definition) is 2. The van der Waals surface area contributed by atoms with Crippen molar-refractivity contribution >= 4 is 39.7 Å². The van der Waals surface area contributed by atoms with Crippen LogP contribution in [0.3, 0.4) is 0 Å². The van der Waals surface area contributed by atoms with Crippen LogP contribution in [0.5, 0.6) is 0 Å². The summed E-state index contributed by atoms with van der Waals surface area (Å²) >= 11 is 3.50. The summed E-state index contributed by atoms with van der Waals surface area (Å²) in [4.78, 5) is 40.1. The number of nitrogens with zero attached hydrogens (tertiary/aromatic N) is 2. The predicted molar refractivity (Wildman–Crippen MR) is 170 cm³/mol. The van der Waals surface area contributed by atoms with Crippen molar-refractivity contribution in [1.29, 1.82) is 0 Å². The maximum Gasteiger partial charge on any atom is 0.407 e. The van der Waals surface area contributed by atoms with Crippen LogP contribution in [0, 0.1) is 0 Å². The summed E-state index contributed by atoms with van der Waals surface area (Å²) in [5.74, 6) is -0.210. The molecule has 1 aliphatic rings. The van der Waals surface area contributed by atoms with Crippen molar-refractivity contribution in [3.8, 4) is 11.1 Å². The summed E-state index contributed by atoms with van der Waals surface area (Å²) in [6, 6.07) is 26.6. The quantitative estimate of drug-likeness (QED) is 0.186. The van der Waals surface area contributed by atoms with Crippen LogP contribution in [0.25, 0.3) is 11.1 Å². The lowest BCUT2D eigenvalue weighted by atomic mass is 10.1. The molecule has 11 heteroatoms. The van der Waals surface area contributed by atoms with Crippen LogP contribution in [-0.2, 0) is 16.0 Å². The highest BCUT2D eigenvalue weighted by Crippen LogP contribution is 2.43. The highest BCUT2D eigenvalue weighted by molar-refractivity contribution is 9.10. The van der Waals surface area contributed by atoms with Crippen molar-refractivity contribution in [3.63, 3.8) is 0 Å². The highest BCUT2D eigenvalue weighted by atomic mass is 79.9. The molecule has 1 heterocycles. The van der Waals surface area contributed by atoms with Crippen molar-refractivity contribution in [2.75, 3.05) is 31.2 Å². The number of carbonyl (C=O) groups is 3. The van der Waals surface area contributed by atoms with E-state index in [0.29, 0.717) is 11.3 Å². The number of para-hydroxylation sites is 1. The summed E-state index contributed by atoms with van der Waals surface area (Å²) in [6.07, 6.45) is 3.43. The van der Waals surface area contributed by atoms with Crippen LogP contribution < -0.4 is 32.5 Å². The van der Waals surface area contributed by atoms with Gasteiger partial charge in [-0.05, 0) is 56.4 Å². The van der Waals surface area contributed by atoms with Crippen LogP contribution in [0.4, 0.5) is 15.3 Å². The van der Waals surface area contributed by atoms with E-state index in [9.17, 15) is 14.4 Å². The van der Waals surface area contributed by atoms with E-state index in [0.717, 1.165) is 39.7 Å². The Bertz CT molecular complexity index is 1590. The third-order valence-electron chi connectivity index (χ3n) is 7.18. The molecule has 0 saturated carbocycles. The maximum atomic E-state index is 13.5. The molecule has 0 saturated heterocycles. The topological polar surface area (TPSA) is 101 Å². The largest absolute Gasteiger partial charge is 1.00 e. The summed E-state index contributed by atoms with van der Waals surface area (Å²) in [7, 11) is 0. The maximum absolute atomic E-state index is 13.5. The van der Waals surface area contributed by atoms with E-state index in [1.54, 1.807) is 11.0 Å². The second-order valence-corrected chi connectivity index (χ2v) is 11.1. The molecule has 0 spiro atoms. The monoisotopic (exact) mass is 692 g/mol. The first-order valence-corrected chi connectivity index (χ1v) is 15.3. The molecule has 234 valence electrons. The predicted octanol–water partition coefficient (Wildman–Crippen LogP) is 3.02. The molecule has 3 amide bonds. The van der Waals surface area contributed by atoms with Crippen LogP contribution in [0.1, 0.15) is 40.9 Å². The number of ether oxygens (including phenoxy) is 2. The average Bonchev–Trinajstić information content (AvgIpc) is 3.35. The normalized spacial score (nSPS) is 11.4. The number of hydrogen-bond acceptors (Lipinski definition) is 5. The number of amides is 3. The number of anilines is 1. The molecular weight excluding hydrogens is 660 g/mol. The van der Waals surface area contributed by atoms with Gasteiger partial charge < -0.3 is 37.4 Å². The number of nitrogens with one attached hydrogen (secondary N) is 2. The first-order valence-electron chi connectivity index (χ1n) is 14.5. The molecule has 1 aromatic heterocycles. The molecular formula is C34H34BrClN4O5. The van der Waals surface area contributed by atoms with Crippen molar-refractivity contribution in [1.82, 2.24) is 10.6 Å². The molecule has 2 N–H and O–H groups in total. The molecule has 4 aromatic rings. The van der Waals surface area contributed by atoms with Gasteiger partial charge >= 0.3 is 12.2 Å². The standard InChI is InChI=1S/C34H33BrN4O5.ClH/c1-2-17-38-22-24(21-25(35)23-38)32(40)39(26-10-4-3-5-11-26)18-20-44-33(41)36-16-19-43-34(42)37-31-29-14-8-6-12-27(29)28-13-7-9-15-30(28)31;/h3-15,21-23,31H,2,16-20H2,1H3,(H-,36,37,41,42);1H. The Morgan fingerprint density at radius 1 is 0.844 bits per heavy atom. The molecule has 3 aromatic carbocycles. The van der Waals surface area contributed by atoms with Gasteiger partial charge in [-0.1, -0.05) is 73.7 Å². The zero-order chi connectivity index (χ0) is 30.9. The lowest BCUT2D eigenvalue weighted by Gasteiger charge is -2.22. The van der Waals surface area contributed by atoms with Gasteiger partial charge in [0.2, 0.25) is 0 Å². The van der Waals surface area contributed by atoms with Crippen LogP contribution in [-0.4, -0.2) is 44.4 Å². The van der Waals surface area contributed by atoms with Crippen LogP contribution in [0.15, 0.2) is 102 Å². The Hall–Kier alpha value is -4.41. The minimum absolute atomic E-state index is 0.